The molecule has 14 heavy (non-hydrogen) atoms. The molecule has 1 aliphatic rings. The fraction of sp³-hybridized carbons (Fsp3) is 0.909. The van der Waals surface area contributed by atoms with Crippen molar-refractivity contribution in [2.24, 2.45) is 17.8 Å². The van der Waals surface area contributed by atoms with Gasteiger partial charge in [-0.1, -0.05) is 13.8 Å². The topological polar surface area (TPSA) is 40.5 Å². The van der Waals surface area contributed by atoms with E-state index in [1.165, 1.54) is 0 Å². The Morgan fingerprint density at radius 3 is 2.57 bits per heavy atom. The monoisotopic (exact) mass is 199 g/mol. The fourth-order valence-electron chi connectivity index (χ4n) is 2.30. The molecule has 0 bridgehead atoms. The highest BCUT2D eigenvalue weighted by Crippen LogP contribution is 2.28. The Labute approximate surface area is 86.1 Å². The normalized spacial score (nSPS) is 25.6. The highest BCUT2D eigenvalue weighted by atomic mass is 16.4. The molecule has 1 rings (SSSR count). The molecular formula is C11H21NO2. The molecule has 1 aliphatic heterocycles. The molecule has 2 unspecified atom stereocenters. The van der Waals surface area contributed by atoms with E-state index < -0.39 is 5.97 Å². The number of aliphatic carboxylic acids is 1. The van der Waals surface area contributed by atoms with Gasteiger partial charge in [0.25, 0.3) is 0 Å². The van der Waals surface area contributed by atoms with Crippen LogP contribution in [0.4, 0.5) is 0 Å². The van der Waals surface area contributed by atoms with Crippen LogP contribution in [0.2, 0.25) is 0 Å². The van der Waals surface area contributed by atoms with Gasteiger partial charge in [0.15, 0.2) is 0 Å². The molecule has 3 nitrogen and oxygen atoms in total. The first-order valence-corrected chi connectivity index (χ1v) is 5.42. The highest BCUT2D eigenvalue weighted by molar-refractivity contribution is 5.70. The number of rotatable bonds is 4. The SMILES string of the molecule is CC(C)CC(C(=O)O)C1CCN(C)C1. The first-order chi connectivity index (χ1) is 6.50. The summed E-state index contributed by atoms with van der Waals surface area (Å²) in [6.07, 6.45) is 1.86. The van der Waals surface area contributed by atoms with Gasteiger partial charge in [0.1, 0.15) is 0 Å². The fourth-order valence-corrected chi connectivity index (χ4v) is 2.30. The molecule has 3 heteroatoms. The van der Waals surface area contributed by atoms with Gasteiger partial charge in [0, 0.05) is 6.54 Å². The summed E-state index contributed by atoms with van der Waals surface area (Å²) in [5.41, 5.74) is 0. The van der Waals surface area contributed by atoms with Gasteiger partial charge >= 0.3 is 5.97 Å². The molecule has 0 aromatic carbocycles. The van der Waals surface area contributed by atoms with Gasteiger partial charge in [0.05, 0.1) is 5.92 Å². The van der Waals surface area contributed by atoms with Gasteiger partial charge in [-0.25, -0.2) is 0 Å². The zero-order chi connectivity index (χ0) is 10.7. The van der Waals surface area contributed by atoms with Crippen LogP contribution < -0.4 is 0 Å². The lowest BCUT2D eigenvalue weighted by Crippen LogP contribution is -2.27. The number of carboxylic acid groups (broad SMARTS) is 1. The van der Waals surface area contributed by atoms with E-state index >= 15 is 0 Å². The van der Waals surface area contributed by atoms with E-state index in [1.807, 2.05) is 0 Å². The summed E-state index contributed by atoms with van der Waals surface area (Å²) in [5.74, 6) is 0.0841. The van der Waals surface area contributed by atoms with Crippen LogP contribution in [0.1, 0.15) is 26.7 Å². The van der Waals surface area contributed by atoms with E-state index in [2.05, 4.69) is 25.8 Å². The number of carboxylic acids is 1. The summed E-state index contributed by atoms with van der Waals surface area (Å²) in [5, 5.41) is 9.15. The molecule has 1 heterocycles. The minimum atomic E-state index is -0.612. The van der Waals surface area contributed by atoms with Crippen molar-refractivity contribution >= 4 is 5.97 Å². The summed E-state index contributed by atoms with van der Waals surface area (Å²) in [6, 6.07) is 0. The van der Waals surface area contributed by atoms with Gasteiger partial charge in [-0.15, -0.1) is 0 Å². The van der Waals surface area contributed by atoms with Gasteiger partial charge in [0.2, 0.25) is 0 Å². The average molecular weight is 199 g/mol. The van der Waals surface area contributed by atoms with Crippen LogP contribution in [0.3, 0.4) is 0 Å². The number of carbonyl (C=O) groups is 1. The minimum Gasteiger partial charge on any atom is -0.481 e. The van der Waals surface area contributed by atoms with Gasteiger partial charge in [-0.05, 0) is 38.3 Å². The smallest absolute Gasteiger partial charge is 0.306 e. The third kappa shape index (κ3) is 2.98. The van der Waals surface area contributed by atoms with E-state index in [4.69, 9.17) is 5.11 Å². The lowest BCUT2D eigenvalue weighted by Gasteiger charge is -2.21. The van der Waals surface area contributed by atoms with E-state index in [0.29, 0.717) is 11.8 Å². The summed E-state index contributed by atoms with van der Waals surface area (Å²) >= 11 is 0. The molecule has 0 saturated carbocycles. The highest BCUT2D eigenvalue weighted by Gasteiger charge is 2.32. The Bertz CT molecular complexity index is 203. The van der Waals surface area contributed by atoms with E-state index in [9.17, 15) is 4.79 Å². The molecular weight excluding hydrogens is 178 g/mol. The second-order valence-electron chi connectivity index (χ2n) is 4.89. The third-order valence-electron chi connectivity index (χ3n) is 3.04. The molecule has 1 saturated heterocycles. The number of hydrogen-bond acceptors (Lipinski definition) is 2. The lowest BCUT2D eigenvalue weighted by atomic mass is 9.85. The molecule has 0 amide bonds. The molecule has 1 fully saturated rings. The Kier molecular flexibility index (Phi) is 3.93. The molecule has 1 N–H and O–H groups in total. The van der Waals surface area contributed by atoms with E-state index in [0.717, 1.165) is 25.9 Å². The molecule has 82 valence electrons. The summed E-state index contributed by atoms with van der Waals surface area (Å²) in [6.45, 7) is 6.18. The largest absolute Gasteiger partial charge is 0.481 e. The quantitative estimate of drug-likeness (QED) is 0.749. The summed E-state index contributed by atoms with van der Waals surface area (Å²) in [4.78, 5) is 13.3. The second-order valence-corrected chi connectivity index (χ2v) is 4.89. The summed E-state index contributed by atoms with van der Waals surface area (Å²) in [7, 11) is 2.06. The minimum absolute atomic E-state index is 0.139. The van der Waals surface area contributed by atoms with Crippen LogP contribution in [-0.2, 0) is 4.79 Å². The number of hydrogen-bond donors (Lipinski definition) is 1. The third-order valence-corrected chi connectivity index (χ3v) is 3.04. The van der Waals surface area contributed by atoms with Crippen molar-refractivity contribution < 1.29 is 9.90 Å². The lowest BCUT2D eigenvalue weighted by molar-refractivity contribution is -0.144. The maximum atomic E-state index is 11.1. The van der Waals surface area contributed by atoms with Crippen LogP contribution in [-0.4, -0.2) is 36.1 Å². The molecule has 0 aromatic heterocycles. The molecule has 0 aliphatic carbocycles. The van der Waals surface area contributed by atoms with Crippen molar-refractivity contribution in [3.63, 3.8) is 0 Å². The van der Waals surface area contributed by atoms with Crippen molar-refractivity contribution in [2.75, 3.05) is 20.1 Å². The standard InChI is InChI=1S/C11H21NO2/c1-8(2)6-10(11(13)14)9-4-5-12(3)7-9/h8-10H,4-7H2,1-3H3,(H,13,14). The van der Waals surface area contributed by atoms with Gasteiger partial charge in [-0.2, -0.15) is 0 Å². The number of nitrogens with zero attached hydrogens (tertiary/aromatic N) is 1. The zero-order valence-electron chi connectivity index (χ0n) is 9.36. The molecule has 0 radical (unpaired) electrons. The predicted molar refractivity (Wildman–Crippen MR) is 56.2 cm³/mol. The number of likely N-dealkylation sites (tertiary alicyclic amines) is 1. The zero-order valence-corrected chi connectivity index (χ0v) is 9.36. The van der Waals surface area contributed by atoms with Gasteiger partial charge in [-0.3, -0.25) is 4.79 Å². The molecule has 2 atom stereocenters. The van der Waals surface area contributed by atoms with Crippen molar-refractivity contribution in [3.8, 4) is 0 Å². The maximum absolute atomic E-state index is 11.1. The van der Waals surface area contributed by atoms with Crippen LogP contribution in [0.25, 0.3) is 0 Å². The van der Waals surface area contributed by atoms with Crippen LogP contribution >= 0.6 is 0 Å². The van der Waals surface area contributed by atoms with Crippen LogP contribution in [0.5, 0.6) is 0 Å². The molecule has 0 aromatic rings. The van der Waals surface area contributed by atoms with Crippen LogP contribution in [0.15, 0.2) is 0 Å². The Morgan fingerprint density at radius 2 is 2.21 bits per heavy atom. The summed E-state index contributed by atoms with van der Waals surface area (Å²) < 4.78 is 0. The van der Waals surface area contributed by atoms with Crippen molar-refractivity contribution in [3.05, 3.63) is 0 Å². The maximum Gasteiger partial charge on any atom is 0.306 e. The van der Waals surface area contributed by atoms with Crippen molar-refractivity contribution in [1.29, 1.82) is 0 Å². The Balaban J connectivity index is 2.54. The van der Waals surface area contributed by atoms with E-state index in [-0.39, 0.29) is 5.92 Å². The first-order valence-electron chi connectivity index (χ1n) is 5.42. The van der Waals surface area contributed by atoms with Crippen LogP contribution in [0, 0.1) is 17.8 Å². The predicted octanol–water partition coefficient (Wildman–Crippen LogP) is 1.69. The molecule has 0 spiro atoms. The first kappa shape index (κ1) is 11.5. The van der Waals surface area contributed by atoms with Gasteiger partial charge < -0.3 is 10.0 Å². The van der Waals surface area contributed by atoms with Crippen molar-refractivity contribution in [2.45, 2.75) is 26.7 Å². The van der Waals surface area contributed by atoms with Crippen molar-refractivity contribution in [1.82, 2.24) is 4.90 Å². The Morgan fingerprint density at radius 1 is 1.57 bits per heavy atom. The Hall–Kier alpha value is -0.570. The second kappa shape index (κ2) is 4.78. The van der Waals surface area contributed by atoms with E-state index in [1.54, 1.807) is 0 Å². The average Bonchev–Trinajstić information content (AvgIpc) is 2.46.